The maximum Gasteiger partial charge on any atom is 0.183 e. The Labute approximate surface area is 72.1 Å². The molecule has 1 aromatic carbocycles. The van der Waals surface area contributed by atoms with E-state index in [9.17, 15) is 0 Å². The SMILES string of the molecule is [CH]1COC(c2ccccc2)OC1. The molecule has 1 radical (unpaired) electrons. The van der Waals surface area contributed by atoms with Gasteiger partial charge in [-0.25, -0.2) is 0 Å². The van der Waals surface area contributed by atoms with Gasteiger partial charge in [-0.1, -0.05) is 30.3 Å². The average Bonchev–Trinajstić information content (AvgIpc) is 2.21. The van der Waals surface area contributed by atoms with Crippen molar-refractivity contribution in [3.8, 4) is 0 Å². The summed E-state index contributed by atoms with van der Waals surface area (Å²) >= 11 is 0. The Morgan fingerprint density at radius 1 is 1.00 bits per heavy atom. The van der Waals surface area contributed by atoms with Crippen molar-refractivity contribution in [3.63, 3.8) is 0 Å². The summed E-state index contributed by atoms with van der Waals surface area (Å²) in [5.74, 6) is 0. The van der Waals surface area contributed by atoms with Crippen molar-refractivity contribution < 1.29 is 9.47 Å². The van der Waals surface area contributed by atoms with E-state index in [-0.39, 0.29) is 6.29 Å². The molecule has 1 aliphatic heterocycles. The molecule has 1 aliphatic rings. The van der Waals surface area contributed by atoms with Crippen molar-refractivity contribution in [1.82, 2.24) is 0 Å². The van der Waals surface area contributed by atoms with Crippen LogP contribution >= 0.6 is 0 Å². The largest absolute Gasteiger partial charge is 0.348 e. The average molecular weight is 163 g/mol. The molecule has 2 nitrogen and oxygen atoms in total. The molecular weight excluding hydrogens is 152 g/mol. The van der Waals surface area contributed by atoms with Gasteiger partial charge in [-0.15, -0.1) is 0 Å². The van der Waals surface area contributed by atoms with Gasteiger partial charge >= 0.3 is 0 Å². The van der Waals surface area contributed by atoms with Gasteiger partial charge in [0, 0.05) is 12.0 Å². The van der Waals surface area contributed by atoms with Crippen LogP contribution in [-0.2, 0) is 9.47 Å². The molecule has 0 spiro atoms. The minimum absolute atomic E-state index is 0.170. The number of benzene rings is 1. The Balaban J connectivity index is 2.08. The third kappa shape index (κ3) is 1.65. The second-order valence-electron chi connectivity index (χ2n) is 2.70. The van der Waals surface area contributed by atoms with Crippen molar-refractivity contribution in [1.29, 1.82) is 0 Å². The summed E-state index contributed by atoms with van der Waals surface area (Å²) in [4.78, 5) is 0. The Morgan fingerprint density at radius 2 is 1.67 bits per heavy atom. The van der Waals surface area contributed by atoms with E-state index >= 15 is 0 Å². The Morgan fingerprint density at radius 3 is 2.33 bits per heavy atom. The number of ether oxygens (including phenoxy) is 2. The smallest absolute Gasteiger partial charge is 0.183 e. The van der Waals surface area contributed by atoms with Gasteiger partial charge in [-0.3, -0.25) is 0 Å². The second kappa shape index (κ2) is 3.70. The van der Waals surface area contributed by atoms with E-state index in [0.717, 1.165) is 5.56 Å². The minimum atomic E-state index is -0.170. The molecule has 0 N–H and O–H groups in total. The first kappa shape index (κ1) is 7.77. The molecule has 0 aromatic heterocycles. The molecule has 0 saturated carbocycles. The maximum atomic E-state index is 5.39. The van der Waals surface area contributed by atoms with Crippen LogP contribution in [-0.4, -0.2) is 13.2 Å². The van der Waals surface area contributed by atoms with E-state index in [1.165, 1.54) is 0 Å². The van der Waals surface area contributed by atoms with Crippen LogP contribution in [0, 0.1) is 6.42 Å². The van der Waals surface area contributed by atoms with E-state index in [4.69, 9.17) is 9.47 Å². The monoisotopic (exact) mass is 163 g/mol. The molecule has 12 heavy (non-hydrogen) atoms. The Hall–Kier alpha value is -0.860. The summed E-state index contributed by atoms with van der Waals surface area (Å²) in [6, 6.07) is 9.98. The highest BCUT2D eigenvalue weighted by Gasteiger charge is 2.15. The van der Waals surface area contributed by atoms with Crippen molar-refractivity contribution >= 4 is 0 Å². The highest BCUT2D eigenvalue weighted by molar-refractivity contribution is 5.16. The van der Waals surface area contributed by atoms with Crippen LogP contribution in [0.2, 0.25) is 0 Å². The molecule has 1 saturated heterocycles. The molecule has 0 unspecified atom stereocenters. The van der Waals surface area contributed by atoms with Crippen molar-refractivity contribution in [2.24, 2.45) is 0 Å². The highest BCUT2D eigenvalue weighted by atomic mass is 16.7. The zero-order valence-electron chi connectivity index (χ0n) is 6.77. The number of hydrogen-bond acceptors (Lipinski definition) is 2. The molecule has 2 rings (SSSR count). The summed E-state index contributed by atoms with van der Waals surface area (Å²) in [6.07, 6.45) is 1.80. The first-order valence-corrected chi connectivity index (χ1v) is 4.06. The van der Waals surface area contributed by atoms with Gasteiger partial charge in [0.1, 0.15) is 0 Å². The van der Waals surface area contributed by atoms with Gasteiger partial charge in [-0.2, -0.15) is 0 Å². The fourth-order valence-electron chi connectivity index (χ4n) is 1.21. The molecule has 63 valence electrons. The molecule has 0 amide bonds. The van der Waals surface area contributed by atoms with E-state index < -0.39 is 0 Å². The minimum Gasteiger partial charge on any atom is -0.348 e. The van der Waals surface area contributed by atoms with Crippen LogP contribution in [0.5, 0.6) is 0 Å². The lowest BCUT2D eigenvalue weighted by atomic mass is 10.2. The number of hydrogen-bond donors (Lipinski definition) is 0. The van der Waals surface area contributed by atoms with Crippen LogP contribution in [0.1, 0.15) is 11.9 Å². The molecular formula is C10H11O2. The van der Waals surface area contributed by atoms with Gasteiger partial charge in [0.15, 0.2) is 6.29 Å². The van der Waals surface area contributed by atoms with E-state index in [0.29, 0.717) is 13.2 Å². The zero-order chi connectivity index (χ0) is 8.23. The molecule has 1 fully saturated rings. The quantitative estimate of drug-likeness (QED) is 0.629. The van der Waals surface area contributed by atoms with E-state index in [2.05, 4.69) is 0 Å². The molecule has 1 heterocycles. The lowest BCUT2D eigenvalue weighted by Gasteiger charge is -2.22. The standard InChI is InChI=1S/C10H11O2/c1-2-5-9(6-3-1)10-11-7-4-8-12-10/h1-6,10H,7-8H2. The predicted molar refractivity (Wildman–Crippen MR) is 45.4 cm³/mol. The van der Waals surface area contributed by atoms with Crippen LogP contribution in [0.15, 0.2) is 30.3 Å². The summed E-state index contributed by atoms with van der Waals surface area (Å²) in [7, 11) is 0. The Bertz CT molecular complexity index is 227. The summed E-state index contributed by atoms with van der Waals surface area (Å²) in [5, 5.41) is 0. The molecule has 2 heteroatoms. The molecule has 0 bridgehead atoms. The fourth-order valence-corrected chi connectivity index (χ4v) is 1.21. The predicted octanol–water partition coefficient (Wildman–Crippen LogP) is 1.94. The van der Waals surface area contributed by atoms with Gasteiger partial charge in [0.2, 0.25) is 0 Å². The molecule has 0 atom stereocenters. The van der Waals surface area contributed by atoms with Crippen molar-refractivity contribution in [2.75, 3.05) is 13.2 Å². The third-order valence-corrected chi connectivity index (χ3v) is 1.80. The van der Waals surface area contributed by atoms with Gasteiger partial charge in [0.25, 0.3) is 0 Å². The van der Waals surface area contributed by atoms with Gasteiger partial charge < -0.3 is 9.47 Å². The normalized spacial score (nSPS) is 19.3. The summed E-state index contributed by atoms with van der Waals surface area (Å²) in [6.45, 7) is 1.36. The zero-order valence-corrected chi connectivity index (χ0v) is 6.77. The second-order valence-corrected chi connectivity index (χ2v) is 2.70. The summed E-state index contributed by atoms with van der Waals surface area (Å²) in [5.41, 5.74) is 1.09. The first-order valence-electron chi connectivity index (χ1n) is 4.06. The highest BCUT2D eigenvalue weighted by Crippen LogP contribution is 2.21. The van der Waals surface area contributed by atoms with Crippen LogP contribution in [0.25, 0.3) is 0 Å². The fraction of sp³-hybridized carbons (Fsp3) is 0.300. The molecule has 1 aromatic rings. The van der Waals surface area contributed by atoms with Gasteiger partial charge in [-0.05, 0) is 0 Å². The van der Waals surface area contributed by atoms with Crippen molar-refractivity contribution in [2.45, 2.75) is 6.29 Å². The maximum absolute atomic E-state index is 5.39. The van der Waals surface area contributed by atoms with Gasteiger partial charge in [0.05, 0.1) is 13.2 Å². The van der Waals surface area contributed by atoms with Crippen molar-refractivity contribution in [3.05, 3.63) is 42.3 Å². The lowest BCUT2D eigenvalue weighted by Crippen LogP contribution is -2.18. The third-order valence-electron chi connectivity index (χ3n) is 1.80. The Kier molecular flexibility index (Phi) is 2.39. The summed E-state index contributed by atoms with van der Waals surface area (Å²) < 4.78 is 10.8. The molecule has 0 aliphatic carbocycles. The van der Waals surface area contributed by atoms with Crippen LogP contribution < -0.4 is 0 Å². The lowest BCUT2D eigenvalue weighted by molar-refractivity contribution is -0.163. The van der Waals surface area contributed by atoms with Crippen LogP contribution in [0.4, 0.5) is 0 Å². The first-order chi connectivity index (χ1) is 5.97. The topological polar surface area (TPSA) is 18.5 Å². The number of rotatable bonds is 1. The van der Waals surface area contributed by atoms with Crippen LogP contribution in [0.3, 0.4) is 0 Å². The van der Waals surface area contributed by atoms with E-state index in [1.54, 1.807) is 0 Å². The van der Waals surface area contributed by atoms with E-state index in [1.807, 2.05) is 36.8 Å².